The highest BCUT2D eigenvalue weighted by molar-refractivity contribution is 5.82. The molecule has 0 bridgehead atoms. The fourth-order valence-electron chi connectivity index (χ4n) is 2.31. The second-order valence-electron chi connectivity index (χ2n) is 4.49. The molecule has 1 aliphatic heterocycles. The summed E-state index contributed by atoms with van der Waals surface area (Å²) in [5.74, 6) is 0.317. The molecular formula is C10H21N3. The van der Waals surface area contributed by atoms with Gasteiger partial charge < -0.3 is 5.73 Å². The topological polar surface area (TPSA) is 53.1 Å². The highest BCUT2D eigenvalue weighted by Crippen LogP contribution is 2.30. The molecule has 0 spiro atoms. The largest absolute Gasteiger partial charge is 0.386 e. The summed E-state index contributed by atoms with van der Waals surface area (Å²) >= 11 is 0. The molecular weight excluding hydrogens is 162 g/mol. The van der Waals surface area contributed by atoms with Gasteiger partial charge in [-0.15, -0.1) is 0 Å². The van der Waals surface area contributed by atoms with E-state index in [1.165, 1.54) is 12.8 Å². The molecule has 3 nitrogen and oxygen atoms in total. The molecule has 3 N–H and O–H groups in total. The molecule has 0 saturated carbocycles. The number of nitrogens with two attached hydrogens (primary N) is 1. The Balaban J connectivity index is 2.74. The summed E-state index contributed by atoms with van der Waals surface area (Å²) < 4.78 is 0. The maximum Gasteiger partial charge on any atom is 0.108 e. The molecule has 0 amide bonds. The molecule has 0 aromatic carbocycles. The summed E-state index contributed by atoms with van der Waals surface area (Å²) in [5, 5.41) is 7.53. The number of likely N-dealkylation sites (tertiary alicyclic amines) is 1. The molecule has 1 heterocycles. The minimum atomic E-state index is 0.150. The number of amidine groups is 1. The van der Waals surface area contributed by atoms with Crippen molar-refractivity contribution in [3.8, 4) is 0 Å². The van der Waals surface area contributed by atoms with Gasteiger partial charge in [-0.05, 0) is 39.7 Å². The lowest BCUT2D eigenvalue weighted by atomic mass is 9.99. The number of hydrogen-bond acceptors (Lipinski definition) is 2. The van der Waals surface area contributed by atoms with Gasteiger partial charge in [-0.2, -0.15) is 0 Å². The van der Waals surface area contributed by atoms with Gasteiger partial charge in [0, 0.05) is 5.54 Å². The van der Waals surface area contributed by atoms with Crippen molar-refractivity contribution in [3.05, 3.63) is 0 Å². The summed E-state index contributed by atoms with van der Waals surface area (Å²) in [6, 6.07) is 0.150. The van der Waals surface area contributed by atoms with Gasteiger partial charge in [0.05, 0.1) is 6.04 Å². The number of hydrogen-bond donors (Lipinski definition) is 2. The van der Waals surface area contributed by atoms with Crippen LogP contribution in [0, 0.1) is 5.41 Å². The number of rotatable bonds is 3. The van der Waals surface area contributed by atoms with Gasteiger partial charge in [-0.25, -0.2) is 0 Å². The first-order chi connectivity index (χ1) is 5.99. The molecule has 0 aromatic rings. The van der Waals surface area contributed by atoms with Crippen molar-refractivity contribution >= 4 is 5.84 Å². The average molecular weight is 183 g/mol. The van der Waals surface area contributed by atoms with E-state index >= 15 is 0 Å². The SMILES string of the molecule is CCC(C(=N)N)N1CCCC1(C)C. The molecule has 1 atom stereocenters. The van der Waals surface area contributed by atoms with Gasteiger partial charge in [0.15, 0.2) is 0 Å². The molecule has 1 fully saturated rings. The normalized spacial score (nSPS) is 24.5. The van der Waals surface area contributed by atoms with Crippen LogP contribution >= 0.6 is 0 Å². The fraction of sp³-hybridized carbons (Fsp3) is 0.900. The maximum atomic E-state index is 7.53. The molecule has 0 aromatic heterocycles. The van der Waals surface area contributed by atoms with Crippen LogP contribution in [0.3, 0.4) is 0 Å². The zero-order valence-corrected chi connectivity index (χ0v) is 8.93. The Kier molecular flexibility index (Phi) is 2.96. The van der Waals surface area contributed by atoms with Crippen molar-refractivity contribution < 1.29 is 0 Å². The van der Waals surface area contributed by atoms with E-state index in [1.807, 2.05) is 0 Å². The van der Waals surface area contributed by atoms with E-state index in [9.17, 15) is 0 Å². The zero-order valence-electron chi connectivity index (χ0n) is 8.93. The van der Waals surface area contributed by atoms with Crippen molar-refractivity contribution in [1.82, 2.24) is 4.90 Å². The third-order valence-electron chi connectivity index (χ3n) is 3.09. The number of nitrogens with one attached hydrogen (secondary N) is 1. The Labute approximate surface area is 80.8 Å². The van der Waals surface area contributed by atoms with Gasteiger partial charge in [0.2, 0.25) is 0 Å². The van der Waals surface area contributed by atoms with Crippen LogP contribution in [0.15, 0.2) is 0 Å². The van der Waals surface area contributed by atoms with Crippen molar-refractivity contribution in [3.63, 3.8) is 0 Å². The first-order valence-electron chi connectivity index (χ1n) is 5.09. The Morgan fingerprint density at radius 3 is 2.54 bits per heavy atom. The first kappa shape index (κ1) is 10.5. The van der Waals surface area contributed by atoms with Crippen molar-refractivity contribution in [1.29, 1.82) is 5.41 Å². The first-order valence-corrected chi connectivity index (χ1v) is 5.09. The van der Waals surface area contributed by atoms with E-state index < -0.39 is 0 Å². The number of nitrogens with zero attached hydrogens (tertiary/aromatic N) is 1. The molecule has 1 aliphatic rings. The lowest BCUT2D eigenvalue weighted by Crippen LogP contribution is -2.50. The van der Waals surface area contributed by atoms with Crippen LogP contribution in [0.25, 0.3) is 0 Å². The fourth-order valence-corrected chi connectivity index (χ4v) is 2.31. The minimum Gasteiger partial charge on any atom is -0.386 e. The van der Waals surface area contributed by atoms with E-state index in [4.69, 9.17) is 11.1 Å². The molecule has 13 heavy (non-hydrogen) atoms. The molecule has 0 radical (unpaired) electrons. The van der Waals surface area contributed by atoms with Crippen molar-refractivity contribution in [2.75, 3.05) is 6.54 Å². The van der Waals surface area contributed by atoms with Gasteiger partial charge in [-0.1, -0.05) is 6.92 Å². The molecule has 3 heteroatoms. The second-order valence-corrected chi connectivity index (χ2v) is 4.49. The maximum absolute atomic E-state index is 7.53. The predicted octanol–water partition coefficient (Wildman–Crippen LogP) is 1.58. The summed E-state index contributed by atoms with van der Waals surface area (Å²) in [6.45, 7) is 7.67. The highest BCUT2D eigenvalue weighted by Gasteiger charge is 2.36. The molecule has 76 valence electrons. The van der Waals surface area contributed by atoms with Crippen LogP contribution in [0.5, 0.6) is 0 Å². The molecule has 1 unspecified atom stereocenters. The van der Waals surface area contributed by atoms with Crippen LogP contribution < -0.4 is 5.73 Å². The lowest BCUT2D eigenvalue weighted by Gasteiger charge is -2.37. The monoisotopic (exact) mass is 183 g/mol. The Hall–Kier alpha value is -0.570. The van der Waals surface area contributed by atoms with Gasteiger partial charge in [-0.3, -0.25) is 10.3 Å². The minimum absolute atomic E-state index is 0.150. The van der Waals surface area contributed by atoms with E-state index in [-0.39, 0.29) is 11.6 Å². The Morgan fingerprint density at radius 1 is 1.62 bits per heavy atom. The molecule has 0 aliphatic carbocycles. The third-order valence-corrected chi connectivity index (χ3v) is 3.09. The van der Waals surface area contributed by atoms with E-state index in [0.29, 0.717) is 5.84 Å². The lowest BCUT2D eigenvalue weighted by molar-refractivity contribution is 0.146. The van der Waals surface area contributed by atoms with Crippen molar-refractivity contribution in [2.24, 2.45) is 5.73 Å². The third kappa shape index (κ3) is 2.02. The summed E-state index contributed by atoms with van der Waals surface area (Å²) in [7, 11) is 0. The van der Waals surface area contributed by atoms with Crippen LogP contribution in [0.4, 0.5) is 0 Å². The van der Waals surface area contributed by atoms with Crippen LogP contribution in [0.2, 0.25) is 0 Å². The summed E-state index contributed by atoms with van der Waals surface area (Å²) in [5.41, 5.74) is 5.82. The van der Waals surface area contributed by atoms with E-state index in [1.54, 1.807) is 0 Å². The van der Waals surface area contributed by atoms with Gasteiger partial charge >= 0.3 is 0 Å². The van der Waals surface area contributed by atoms with Crippen LogP contribution in [0.1, 0.15) is 40.0 Å². The summed E-state index contributed by atoms with van der Waals surface area (Å²) in [6.07, 6.45) is 3.40. The van der Waals surface area contributed by atoms with Gasteiger partial charge in [0.25, 0.3) is 0 Å². The van der Waals surface area contributed by atoms with Crippen molar-refractivity contribution in [2.45, 2.75) is 51.6 Å². The quantitative estimate of drug-likeness (QED) is 0.515. The van der Waals surface area contributed by atoms with Crippen LogP contribution in [-0.2, 0) is 0 Å². The highest BCUT2D eigenvalue weighted by atomic mass is 15.2. The smallest absolute Gasteiger partial charge is 0.108 e. The van der Waals surface area contributed by atoms with Crippen LogP contribution in [-0.4, -0.2) is 28.9 Å². The molecule has 1 rings (SSSR count). The predicted molar refractivity (Wildman–Crippen MR) is 56.0 cm³/mol. The Bertz CT molecular complexity index is 198. The Morgan fingerprint density at radius 2 is 2.23 bits per heavy atom. The average Bonchev–Trinajstić information content (AvgIpc) is 2.32. The van der Waals surface area contributed by atoms with E-state index in [0.717, 1.165) is 13.0 Å². The second kappa shape index (κ2) is 3.66. The molecule has 1 saturated heterocycles. The van der Waals surface area contributed by atoms with Gasteiger partial charge in [0.1, 0.15) is 5.84 Å². The zero-order chi connectivity index (χ0) is 10.1. The summed E-state index contributed by atoms with van der Waals surface area (Å²) in [4.78, 5) is 2.37. The standard InChI is InChI=1S/C10H21N3/c1-4-8(9(11)12)13-7-5-6-10(13,2)3/h8H,4-7H2,1-3H3,(H3,11,12). The van der Waals surface area contributed by atoms with E-state index in [2.05, 4.69) is 25.7 Å².